The van der Waals surface area contributed by atoms with Crippen molar-refractivity contribution in [1.82, 2.24) is 18.4 Å². The zero-order valence-corrected chi connectivity index (χ0v) is 17.9. The molecule has 11 heteroatoms. The summed E-state index contributed by atoms with van der Waals surface area (Å²) in [4.78, 5) is 24.3. The van der Waals surface area contributed by atoms with Crippen LogP contribution in [0.15, 0.2) is 23.1 Å². The highest BCUT2D eigenvalue weighted by Gasteiger charge is 2.36. The van der Waals surface area contributed by atoms with Crippen LogP contribution >= 0.6 is 11.7 Å². The number of carbonyl (C=O) groups is 2. The summed E-state index contributed by atoms with van der Waals surface area (Å²) in [5.74, 6) is -2.34. The Morgan fingerprint density at radius 3 is 2.83 bits per heavy atom. The lowest BCUT2D eigenvalue weighted by Crippen LogP contribution is -2.51. The van der Waals surface area contributed by atoms with Crippen LogP contribution in [0.25, 0.3) is 11.0 Å². The number of aliphatic carboxylic acids is 1. The highest BCUT2D eigenvalue weighted by atomic mass is 32.2. The van der Waals surface area contributed by atoms with Gasteiger partial charge in [-0.3, -0.25) is 4.79 Å². The Bertz CT molecular complexity index is 1010. The number of sulfonamides is 1. The maximum Gasteiger partial charge on any atom is 0.326 e. The van der Waals surface area contributed by atoms with Crippen molar-refractivity contribution in [2.24, 2.45) is 11.8 Å². The van der Waals surface area contributed by atoms with Crippen LogP contribution in [0.3, 0.4) is 0 Å². The number of carboxylic acids is 1. The minimum Gasteiger partial charge on any atom is -0.480 e. The molecular formula is C18H24N4O5S2. The molecule has 1 aliphatic heterocycles. The van der Waals surface area contributed by atoms with Gasteiger partial charge in [-0.1, -0.05) is 26.3 Å². The number of nitrogens with zero attached hydrogens (tertiary/aromatic N) is 3. The predicted octanol–water partition coefficient (Wildman–Crippen LogP) is 1.71. The molecule has 1 aliphatic rings. The average Bonchev–Trinajstić information content (AvgIpc) is 3.19. The van der Waals surface area contributed by atoms with E-state index in [0.29, 0.717) is 36.8 Å². The molecule has 1 aromatic heterocycles. The number of hydrogen-bond acceptors (Lipinski definition) is 7. The van der Waals surface area contributed by atoms with E-state index in [1.807, 2.05) is 6.92 Å². The van der Waals surface area contributed by atoms with Gasteiger partial charge in [0.1, 0.15) is 22.0 Å². The van der Waals surface area contributed by atoms with Crippen molar-refractivity contribution in [2.75, 3.05) is 13.1 Å². The molecular weight excluding hydrogens is 416 g/mol. The zero-order chi connectivity index (χ0) is 21.2. The van der Waals surface area contributed by atoms with Crippen LogP contribution in [-0.4, -0.2) is 57.6 Å². The van der Waals surface area contributed by atoms with Gasteiger partial charge in [-0.15, -0.1) is 0 Å². The Balaban J connectivity index is 1.79. The first-order chi connectivity index (χ1) is 13.8. The van der Waals surface area contributed by atoms with Crippen molar-refractivity contribution < 1.29 is 23.1 Å². The van der Waals surface area contributed by atoms with Crippen molar-refractivity contribution in [3.05, 3.63) is 18.2 Å². The lowest BCUT2D eigenvalue weighted by molar-refractivity contribution is -0.144. The van der Waals surface area contributed by atoms with E-state index in [2.05, 4.69) is 14.1 Å². The third-order valence-corrected chi connectivity index (χ3v) is 7.84. The quantitative estimate of drug-likeness (QED) is 0.670. The van der Waals surface area contributed by atoms with Crippen LogP contribution in [0.2, 0.25) is 0 Å². The number of fused-ring (bicyclic) bond motifs is 1. The Labute approximate surface area is 173 Å². The smallest absolute Gasteiger partial charge is 0.326 e. The fourth-order valence-electron chi connectivity index (χ4n) is 3.46. The lowest BCUT2D eigenvalue weighted by atomic mass is 9.95. The number of carbonyl (C=O) groups excluding carboxylic acids is 1. The molecule has 1 amide bonds. The number of aromatic nitrogens is 2. The maximum atomic E-state index is 13.2. The summed E-state index contributed by atoms with van der Waals surface area (Å²) in [6, 6.07) is 3.82. The molecule has 0 radical (unpaired) electrons. The van der Waals surface area contributed by atoms with Gasteiger partial charge in [0.25, 0.3) is 0 Å². The van der Waals surface area contributed by atoms with Gasteiger partial charge in [0.15, 0.2) is 0 Å². The number of benzene rings is 1. The van der Waals surface area contributed by atoms with Gasteiger partial charge in [0, 0.05) is 13.1 Å². The van der Waals surface area contributed by atoms with Gasteiger partial charge in [0.05, 0.1) is 17.6 Å². The first kappa shape index (κ1) is 21.6. The van der Waals surface area contributed by atoms with Gasteiger partial charge in [-0.25, -0.2) is 13.2 Å². The lowest BCUT2D eigenvalue weighted by Gasteiger charge is -2.32. The molecule has 3 rings (SSSR count). The summed E-state index contributed by atoms with van der Waals surface area (Å²) in [5, 5.41) is 12.0. The van der Waals surface area contributed by atoms with E-state index in [0.717, 1.165) is 11.7 Å². The second-order valence-corrected chi connectivity index (χ2v) is 9.74. The molecule has 1 saturated heterocycles. The SMILES string of the molecule is CC[C@@H](C)[C@H](NC(=O)[C@@H]1CCCN(S(=O)(=O)c2cccc3nsnc23)C1)C(=O)O. The minimum atomic E-state index is -3.85. The number of nitrogens with one attached hydrogen (secondary N) is 1. The monoisotopic (exact) mass is 440 g/mol. The Morgan fingerprint density at radius 2 is 2.14 bits per heavy atom. The van der Waals surface area contributed by atoms with Gasteiger partial charge in [0.2, 0.25) is 15.9 Å². The summed E-state index contributed by atoms with van der Waals surface area (Å²) in [6.07, 6.45) is 1.63. The molecule has 1 aromatic carbocycles. The molecule has 0 aliphatic carbocycles. The third kappa shape index (κ3) is 4.41. The van der Waals surface area contributed by atoms with E-state index in [4.69, 9.17) is 0 Å². The molecule has 158 valence electrons. The summed E-state index contributed by atoms with van der Waals surface area (Å²) < 4.78 is 35.8. The number of amides is 1. The Hall–Kier alpha value is -2.11. The summed E-state index contributed by atoms with van der Waals surface area (Å²) in [5.41, 5.74) is 0.840. The van der Waals surface area contributed by atoms with E-state index in [-0.39, 0.29) is 17.4 Å². The van der Waals surface area contributed by atoms with Crippen molar-refractivity contribution in [3.8, 4) is 0 Å². The topological polar surface area (TPSA) is 130 Å². The maximum absolute atomic E-state index is 13.2. The van der Waals surface area contributed by atoms with Gasteiger partial charge >= 0.3 is 5.97 Å². The molecule has 0 spiro atoms. The fourth-order valence-corrected chi connectivity index (χ4v) is 5.73. The molecule has 3 atom stereocenters. The molecule has 0 unspecified atom stereocenters. The van der Waals surface area contributed by atoms with Crippen LogP contribution < -0.4 is 5.32 Å². The molecule has 9 nitrogen and oxygen atoms in total. The number of piperidine rings is 1. The largest absolute Gasteiger partial charge is 0.480 e. The van der Waals surface area contributed by atoms with Gasteiger partial charge in [-0.05, 0) is 30.9 Å². The first-order valence-corrected chi connectivity index (χ1v) is 11.7. The van der Waals surface area contributed by atoms with Crippen molar-refractivity contribution in [2.45, 2.75) is 44.0 Å². The van der Waals surface area contributed by atoms with Crippen LogP contribution in [-0.2, 0) is 19.6 Å². The standard InChI is InChI=1S/C18H24N4O5S2/c1-3-11(2)15(18(24)25)19-17(23)12-6-5-9-22(10-12)29(26,27)14-8-4-7-13-16(14)21-28-20-13/h4,7-8,11-12,15H,3,5-6,9-10H2,1-2H3,(H,19,23)(H,24,25)/t11-,12-,15+/m1/s1. The summed E-state index contributed by atoms with van der Waals surface area (Å²) in [7, 11) is -3.85. The van der Waals surface area contributed by atoms with Crippen LogP contribution in [0.1, 0.15) is 33.1 Å². The van der Waals surface area contributed by atoms with E-state index in [1.54, 1.807) is 19.1 Å². The van der Waals surface area contributed by atoms with E-state index in [9.17, 15) is 23.1 Å². The van der Waals surface area contributed by atoms with Crippen molar-refractivity contribution in [1.29, 1.82) is 0 Å². The second-order valence-electron chi connectivity index (χ2n) is 7.30. The fraction of sp³-hybridized carbons (Fsp3) is 0.556. The second kappa shape index (κ2) is 8.72. The van der Waals surface area contributed by atoms with Gasteiger partial charge < -0.3 is 10.4 Å². The Morgan fingerprint density at radius 1 is 1.38 bits per heavy atom. The van der Waals surface area contributed by atoms with E-state index < -0.39 is 33.9 Å². The van der Waals surface area contributed by atoms with Crippen molar-refractivity contribution in [3.63, 3.8) is 0 Å². The average molecular weight is 441 g/mol. The van der Waals surface area contributed by atoms with E-state index in [1.165, 1.54) is 10.4 Å². The molecule has 0 saturated carbocycles. The molecule has 2 N–H and O–H groups in total. The van der Waals surface area contributed by atoms with Crippen LogP contribution in [0.5, 0.6) is 0 Å². The Kier molecular flexibility index (Phi) is 6.49. The summed E-state index contributed by atoms with van der Waals surface area (Å²) >= 11 is 0.947. The molecule has 1 fully saturated rings. The molecule has 29 heavy (non-hydrogen) atoms. The summed E-state index contributed by atoms with van der Waals surface area (Å²) in [6.45, 7) is 3.93. The van der Waals surface area contributed by atoms with Crippen molar-refractivity contribution >= 4 is 44.7 Å². The molecule has 0 bridgehead atoms. The third-order valence-electron chi connectivity index (χ3n) is 5.40. The normalized spacial score (nSPS) is 20.3. The number of rotatable bonds is 7. The zero-order valence-electron chi connectivity index (χ0n) is 16.2. The van der Waals surface area contributed by atoms with Crippen LogP contribution in [0.4, 0.5) is 0 Å². The van der Waals surface area contributed by atoms with Crippen LogP contribution in [0, 0.1) is 11.8 Å². The number of carboxylic acid groups (broad SMARTS) is 1. The molecule has 2 aromatic rings. The highest BCUT2D eigenvalue weighted by Crippen LogP contribution is 2.28. The van der Waals surface area contributed by atoms with Gasteiger partial charge in [-0.2, -0.15) is 13.1 Å². The number of hydrogen-bond donors (Lipinski definition) is 2. The first-order valence-electron chi connectivity index (χ1n) is 9.50. The highest BCUT2D eigenvalue weighted by molar-refractivity contribution is 7.89. The minimum absolute atomic E-state index is 0.00889. The molecule has 2 heterocycles. The van der Waals surface area contributed by atoms with E-state index >= 15 is 0 Å². The predicted molar refractivity (Wildman–Crippen MR) is 108 cm³/mol.